The van der Waals surface area contributed by atoms with Crippen LogP contribution in [0.15, 0.2) is 36.7 Å². The molecule has 0 saturated heterocycles. The van der Waals surface area contributed by atoms with Gasteiger partial charge in [0.15, 0.2) is 0 Å². The highest BCUT2D eigenvalue weighted by Gasteiger charge is 2.09. The number of ether oxygens (including phenoxy) is 1. The van der Waals surface area contributed by atoms with E-state index in [1.54, 1.807) is 0 Å². The molecule has 0 spiro atoms. The number of aromatic nitrogens is 2. The third-order valence-electron chi connectivity index (χ3n) is 3.08. The van der Waals surface area contributed by atoms with Crippen molar-refractivity contribution in [2.24, 2.45) is 7.05 Å². The van der Waals surface area contributed by atoms with Gasteiger partial charge in [-0.2, -0.15) is 5.10 Å². The summed E-state index contributed by atoms with van der Waals surface area (Å²) in [5.74, 6) is 0. The fourth-order valence-corrected chi connectivity index (χ4v) is 1.98. The van der Waals surface area contributed by atoms with E-state index in [1.807, 2.05) is 43.2 Å². The van der Waals surface area contributed by atoms with Gasteiger partial charge >= 0.3 is 0 Å². The molecule has 19 heavy (non-hydrogen) atoms. The van der Waals surface area contributed by atoms with Crippen LogP contribution in [0.3, 0.4) is 0 Å². The van der Waals surface area contributed by atoms with Gasteiger partial charge in [0.1, 0.15) is 0 Å². The van der Waals surface area contributed by atoms with Crippen molar-refractivity contribution < 1.29 is 4.74 Å². The Hall–Kier alpha value is -1.81. The smallest absolute Gasteiger partial charge is 0.0736 e. The minimum Gasteiger partial charge on any atom is -0.378 e. The number of hydrogen-bond acceptors (Lipinski definition) is 3. The van der Waals surface area contributed by atoms with Crippen molar-refractivity contribution in [3.05, 3.63) is 47.8 Å². The lowest BCUT2D eigenvalue weighted by atomic mass is 10.1. The van der Waals surface area contributed by atoms with Gasteiger partial charge in [0.2, 0.25) is 0 Å². The van der Waals surface area contributed by atoms with Crippen LogP contribution in [-0.4, -0.2) is 16.4 Å². The van der Waals surface area contributed by atoms with E-state index < -0.39 is 0 Å². The number of aryl methyl sites for hydroxylation is 1. The maximum absolute atomic E-state index is 5.50. The predicted molar refractivity (Wildman–Crippen MR) is 77.0 cm³/mol. The van der Waals surface area contributed by atoms with E-state index in [9.17, 15) is 0 Å². The van der Waals surface area contributed by atoms with Crippen LogP contribution >= 0.6 is 0 Å². The highest BCUT2D eigenvalue weighted by molar-refractivity contribution is 5.52. The Morgan fingerprint density at radius 3 is 2.84 bits per heavy atom. The van der Waals surface area contributed by atoms with E-state index in [0.717, 1.165) is 12.3 Å². The lowest BCUT2D eigenvalue weighted by Gasteiger charge is -2.17. The van der Waals surface area contributed by atoms with E-state index in [1.165, 1.54) is 11.1 Å². The first-order chi connectivity index (χ1) is 9.20. The molecule has 0 radical (unpaired) electrons. The van der Waals surface area contributed by atoms with Crippen molar-refractivity contribution >= 4 is 5.69 Å². The summed E-state index contributed by atoms with van der Waals surface area (Å²) in [5.41, 5.74) is 3.47. The molecule has 1 aromatic heterocycles. The summed E-state index contributed by atoms with van der Waals surface area (Å²) in [6, 6.07) is 8.47. The Morgan fingerprint density at radius 1 is 1.37 bits per heavy atom. The fraction of sp³-hybridized carbons (Fsp3) is 0.400. The maximum atomic E-state index is 5.50. The first kappa shape index (κ1) is 13.6. The topological polar surface area (TPSA) is 39.1 Å². The van der Waals surface area contributed by atoms with Crippen LogP contribution in [0.25, 0.3) is 0 Å². The number of rotatable bonds is 6. The van der Waals surface area contributed by atoms with Gasteiger partial charge in [-0.25, -0.2) is 0 Å². The lowest BCUT2D eigenvalue weighted by Crippen LogP contribution is -2.08. The van der Waals surface area contributed by atoms with Gasteiger partial charge in [-0.05, 0) is 19.9 Å². The number of anilines is 1. The van der Waals surface area contributed by atoms with Gasteiger partial charge in [0.05, 0.1) is 18.8 Å². The molecule has 0 aliphatic heterocycles. The molecular formula is C15H21N3O. The summed E-state index contributed by atoms with van der Waals surface area (Å²) in [6.07, 6.45) is 3.92. The number of hydrogen-bond donors (Lipinski definition) is 1. The average molecular weight is 259 g/mol. The Balaban J connectivity index is 2.09. The Bertz CT molecular complexity index is 522. The van der Waals surface area contributed by atoms with Gasteiger partial charge in [-0.3, -0.25) is 4.68 Å². The van der Waals surface area contributed by atoms with Crippen molar-refractivity contribution in [3.63, 3.8) is 0 Å². The van der Waals surface area contributed by atoms with Gasteiger partial charge in [-0.1, -0.05) is 18.2 Å². The van der Waals surface area contributed by atoms with Crippen LogP contribution in [0, 0.1) is 0 Å². The molecule has 102 valence electrons. The van der Waals surface area contributed by atoms with E-state index in [-0.39, 0.29) is 6.04 Å². The monoisotopic (exact) mass is 259 g/mol. The molecule has 0 aliphatic rings. The zero-order valence-corrected chi connectivity index (χ0v) is 11.8. The normalized spacial score (nSPS) is 12.4. The molecule has 2 aromatic rings. The van der Waals surface area contributed by atoms with Crippen LogP contribution in [0.5, 0.6) is 0 Å². The summed E-state index contributed by atoms with van der Waals surface area (Å²) in [7, 11) is 1.93. The van der Waals surface area contributed by atoms with Gasteiger partial charge in [0, 0.05) is 36.7 Å². The third kappa shape index (κ3) is 3.58. The second-order valence-electron chi connectivity index (χ2n) is 4.61. The minimum atomic E-state index is 0.219. The standard InChI is InChI=1S/C15H21N3O/c1-4-19-11-13-7-5-6-8-15(13)17-12(2)14-9-16-18(3)10-14/h5-10,12,17H,4,11H2,1-3H3. The van der Waals surface area contributed by atoms with Crippen molar-refractivity contribution in [1.82, 2.24) is 9.78 Å². The Morgan fingerprint density at radius 2 is 2.16 bits per heavy atom. The van der Waals surface area contributed by atoms with E-state index >= 15 is 0 Å². The highest BCUT2D eigenvalue weighted by atomic mass is 16.5. The second kappa shape index (κ2) is 6.38. The maximum Gasteiger partial charge on any atom is 0.0736 e. The molecule has 0 amide bonds. The molecule has 2 rings (SSSR count). The zero-order valence-electron chi connectivity index (χ0n) is 11.8. The van der Waals surface area contributed by atoms with Crippen molar-refractivity contribution in [2.75, 3.05) is 11.9 Å². The summed E-state index contributed by atoms with van der Waals surface area (Å²) < 4.78 is 7.31. The van der Waals surface area contributed by atoms with Crippen molar-refractivity contribution in [1.29, 1.82) is 0 Å². The summed E-state index contributed by atoms with van der Waals surface area (Å²) >= 11 is 0. The Kier molecular flexibility index (Phi) is 4.58. The fourth-order valence-electron chi connectivity index (χ4n) is 1.98. The third-order valence-corrected chi connectivity index (χ3v) is 3.08. The Labute approximate surface area is 114 Å². The molecule has 1 aromatic carbocycles. The minimum absolute atomic E-state index is 0.219. The molecule has 1 N–H and O–H groups in total. The molecular weight excluding hydrogens is 238 g/mol. The lowest BCUT2D eigenvalue weighted by molar-refractivity contribution is 0.134. The molecule has 0 bridgehead atoms. The van der Waals surface area contributed by atoms with Crippen LogP contribution in [0.4, 0.5) is 5.69 Å². The quantitative estimate of drug-likeness (QED) is 0.866. The number of benzene rings is 1. The molecule has 0 aliphatic carbocycles. The van der Waals surface area contributed by atoms with Gasteiger partial charge in [0.25, 0.3) is 0 Å². The number of nitrogens with one attached hydrogen (secondary N) is 1. The van der Waals surface area contributed by atoms with Crippen molar-refractivity contribution in [3.8, 4) is 0 Å². The first-order valence-electron chi connectivity index (χ1n) is 6.61. The molecule has 1 heterocycles. The summed E-state index contributed by atoms with van der Waals surface area (Å²) in [5, 5.41) is 7.72. The second-order valence-corrected chi connectivity index (χ2v) is 4.61. The van der Waals surface area contributed by atoms with Crippen molar-refractivity contribution in [2.45, 2.75) is 26.5 Å². The molecule has 4 heteroatoms. The van der Waals surface area contributed by atoms with E-state index in [0.29, 0.717) is 6.61 Å². The highest BCUT2D eigenvalue weighted by Crippen LogP contribution is 2.22. The molecule has 0 saturated carbocycles. The van der Waals surface area contributed by atoms with E-state index in [4.69, 9.17) is 4.74 Å². The van der Waals surface area contributed by atoms with Crippen LogP contribution in [-0.2, 0) is 18.4 Å². The van der Waals surface area contributed by atoms with Crippen LogP contribution in [0.1, 0.15) is 31.0 Å². The summed E-state index contributed by atoms with van der Waals surface area (Å²) in [4.78, 5) is 0. The zero-order chi connectivity index (χ0) is 13.7. The largest absolute Gasteiger partial charge is 0.378 e. The average Bonchev–Trinajstić information content (AvgIpc) is 2.84. The number of nitrogens with zero attached hydrogens (tertiary/aromatic N) is 2. The summed E-state index contributed by atoms with van der Waals surface area (Å²) in [6.45, 7) is 5.51. The number of para-hydroxylation sites is 1. The van der Waals surface area contributed by atoms with Gasteiger partial charge in [-0.15, -0.1) is 0 Å². The van der Waals surface area contributed by atoms with Crippen LogP contribution < -0.4 is 5.32 Å². The van der Waals surface area contributed by atoms with Crippen LogP contribution in [0.2, 0.25) is 0 Å². The van der Waals surface area contributed by atoms with Gasteiger partial charge < -0.3 is 10.1 Å². The SMILES string of the molecule is CCOCc1ccccc1NC(C)c1cnn(C)c1. The molecule has 4 nitrogen and oxygen atoms in total. The van der Waals surface area contributed by atoms with E-state index in [2.05, 4.69) is 29.5 Å². The molecule has 0 fully saturated rings. The molecule has 1 atom stereocenters. The first-order valence-corrected chi connectivity index (χ1v) is 6.61. The molecule has 1 unspecified atom stereocenters. The predicted octanol–water partition coefficient (Wildman–Crippen LogP) is 3.13.